The zero-order chi connectivity index (χ0) is 12.5. The van der Waals surface area contributed by atoms with Crippen LogP contribution in [0.15, 0.2) is 30.3 Å². The first-order chi connectivity index (χ1) is 8.26. The van der Waals surface area contributed by atoms with E-state index in [-0.39, 0.29) is 5.91 Å². The van der Waals surface area contributed by atoms with E-state index in [2.05, 4.69) is 19.2 Å². The summed E-state index contributed by atoms with van der Waals surface area (Å²) >= 11 is 0. The number of benzene rings is 1. The van der Waals surface area contributed by atoms with E-state index >= 15 is 0 Å². The third-order valence-corrected chi connectivity index (χ3v) is 3.07. The predicted molar refractivity (Wildman–Crippen MR) is 73.0 cm³/mol. The van der Waals surface area contributed by atoms with Gasteiger partial charge in [0.05, 0.1) is 0 Å². The van der Waals surface area contributed by atoms with Crippen LogP contribution in [-0.4, -0.2) is 5.91 Å². The van der Waals surface area contributed by atoms with E-state index < -0.39 is 0 Å². The van der Waals surface area contributed by atoms with Crippen molar-refractivity contribution in [2.24, 2.45) is 5.92 Å². The molecule has 1 aromatic rings. The Kier molecular flexibility index (Phi) is 6.38. The van der Waals surface area contributed by atoms with E-state index in [9.17, 15) is 4.79 Å². The van der Waals surface area contributed by atoms with Crippen LogP contribution in [0.5, 0.6) is 0 Å². The molecule has 1 aromatic carbocycles. The summed E-state index contributed by atoms with van der Waals surface area (Å²) in [6.45, 7) is 4.35. The molecule has 17 heavy (non-hydrogen) atoms. The van der Waals surface area contributed by atoms with E-state index in [0.29, 0.717) is 12.3 Å². The summed E-state index contributed by atoms with van der Waals surface area (Å²) in [4.78, 5) is 11.8. The highest BCUT2D eigenvalue weighted by atomic mass is 16.1. The summed E-state index contributed by atoms with van der Waals surface area (Å²) in [5.41, 5.74) is 0.892. The molecule has 1 amide bonds. The Hall–Kier alpha value is -1.31. The van der Waals surface area contributed by atoms with Crippen LogP contribution >= 0.6 is 0 Å². The summed E-state index contributed by atoms with van der Waals surface area (Å²) in [6, 6.07) is 9.66. The van der Waals surface area contributed by atoms with Gasteiger partial charge >= 0.3 is 0 Å². The molecule has 1 N–H and O–H groups in total. The number of unbranched alkanes of at least 4 members (excludes halogenated alkanes) is 1. The van der Waals surface area contributed by atoms with Gasteiger partial charge in [0, 0.05) is 12.1 Å². The third kappa shape index (κ3) is 5.53. The van der Waals surface area contributed by atoms with Gasteiger partial charge in [-0.2, -0.15) is 0 Å². The average molecular weight is 233 g/mol. The largest absolute Gasteiger partial charge is 0.326 e. The Balaban J connectivity index is 2.37. The fraction of sp³-hybridized carbons (Fsp3) is 0.533. The predicted octanol–water partition coefficient (Wildman–Crippen LogP) is 4.23. The lowest BCUT2D eigenvalue weighted by Gasteiger charge is -2.14. The number of carbonyl (C=O) groups is 1. The van der Waals surface area contributed by atoms with E-state index in [1.54, 1.807) is 0 Å². The van der Waals surface area contributed by atoms with Gasteiger partial charge in [-0.15, -0.1) is 0 Å². The molecule has 0 spiro atoms. The summed E-state index contributed by atoms with van der Waals surface area (Å²) in [5, 5.41) is 2.94. The number of hydrogen-bond donors (Lipinski definition) is 1. The molecule has 2 nitrogen and oxygen atoms in total. The Morgan fingerprint density at radius 3 is 2.53 bits per heavy atom. The van der Waals surface area contributed by atoms with Gasteiger partial charge in [0.1, 0.15) is 0 Å². The summed E-state index contributed by atoms with van der Waals surface area (Å²) in [6.07, 6.45) is 5.32. The van der Waals surface area contributed by atoms with Gasteiger partial charge in [-0.25, -0.2) is 0 Å². The van der Waals surface area contributed by atoms with E-state index in [1.807, 2.05) is 30.3 Å². The van der Waals surface area contributed by atoms with Gasteiger partial charge in [-0.1, -0.05) is 51.3 Å². The third-order valence-electron chi connectivity index (χ3n) is 3.07. The lowest BCUT2D eigenvalue weighted by Crippen LogP contribution is -2.16. The van der Waals surface area contributed by atoms with Gasteiger partial charge in [0.15, 0.2) is 0 Å². The van der Waals surface area contributed by atoms with Crippen LogP contribution < -0.4 is 5.32 Å². The van der Waals surface area contributed by atoms with Crippen molar-refractivity contribution in [3.8, 4) is 0 Å². The first-order valence-electron chi connectivity index (χ1n) is 6.61. The molecule has 0 aliphatic rings. The first kappa shape index (κ1) is 13.8. The normalized spacial score (nSPS) is 12.1. The topological polar surface area (TPSA) is 29.1 Å². The Morgan fingerprint density at radius 1 is 1.24 bits per heavy atom. The minimum Gasteiger partial charge on any atom is -0.326 e. The fourth-order valence-electron chi connectivity index (χ4n) is 1.94. The Bertz CT molecular complexity index is 321. The molecule has 1 atom stereocenters. The molecule has 0 aliphatic heterocycles. The van der Waals surface area contributed by atoms with Crippen LogP contribution in [0.4, 0.5) is 5.69 Å². The van der Waals surface area contributed by atoms with Crippen molar-refractivity contribution in [3.63, 3.8) is 0 Å². The van der Waals surface area contributed by atoms with Crippen molar-refractivity contribution in [3.05, 3.63) is 30.3 Å². The maximum absolute atomic E-state index is 11.8. The van der Waals surface area contributed by atoms with E-state index in [1.165, 1.54) is 12.8 Å². The quantitative estimate of drug-likeness (QED) is 0.750. The second-order valence-corrected chi connectivity index (χ2v) is 4.53. The molecule has 0 aliphatic carbocycles. The van der Waals surface area contributed by atoms with Crippen molar-refractivity contribution < 1.29 is 4.79 Å². The van der Waals surface area contributed by atoms with Crippen LogP contribution in [0.25, 0.3) is 0 Å². The minimum atomic E-state index is 0.138. The van der Waals surface area contributed by atoms with Crippen molar-refractivity contribution in [1.82, 2.24) is 0 Å². The Labute approximate surface area is 104 Å². The molecule has 0 saturated carbocycles. The number of anilines is 1. The average Bonchev–Trinajstić information content (AvgIpc) is 2.35. The zero-order valence-electron chi connectivity index (χ0n) is 10.9. The molecule has 0 bridgehead atoms. The molecule has 94 valence electrons. The van der Waals surface area contributed by atoms with Crippen LogP contribution in [-0.2, 0) is 4.79 Å². The van der Waals surface area contributed by atoms with Crippen LogP contribution in [0.1, 0.15) is 46.0 Å². The second-order valence-electron chi connectivity index (χ2n) is 4.53. The van der Waals surface area contributed by atoms with Gasteiger partial charge in [-0.05, 0) is 24.5 Å². The van der Waals surface area contributed by atoms with Crippen LogP contribution in [0.3, 0.4) is 0 Å². The minimum absolute atomic E-state index is 0.138. The molecular weight excluding hydrogens is 210 g/mol. The molecule has 0 radical (unpaired) electrons. The van der Waals surface area contributed by atoms with Crippen molar-refractivity contribution >= 4 is 11.6 Å². The molecule has 0 heterocycles. The number of hydrogen-bond acceptors (Lipinski definition) is 1. The molecule has 1 rings (SSSR count). The Morgan fingerprint density at radius 2 is 1.94 bits per heavy atom. The van der Waals surface area contributed by atoms with Gasteiger partial charge in [0.25, 0.3) is 0 Å². The lowest BCUT2D eigenvalue weighted by molar-refractivity contribution is -0.117. The fourth-order valence-corrected chi connectivity index (χ4v) is 1.94. The molecule has 0 saturated heterocycles. The van der Waals surface area contributed by atoms with Crippen LogP contribution in [0, 0.1) is 5.92 Å². The summed E-state index contributed by atoms with van der Waals surface area (Å²) < 4.78 is 0. The highest BCUT2D eigenvalue weighted by Gasteiger charge is 2.11. The van der Waals surface area contributed by atoms with Crippen LogP contribution in [0.2, 0.25) is 0 Å². The summed E-state index contributed by atoms with van der Waals surface area (Å²) in [5.74, 6) is 0.665. The maximum Gasteiger partial charge on any atom is 0.224 e. The highest BCUT2D eigenvalue weighted by molar-refractivity contribution is 5.90. The first-order valence-corrected chi connectivity index (χ1v) is 6.61. The van der Waals surface area contributed by atoms with E-state index in [4.69, 9.17) is 0 Å². The number of amides is 1. The summed E-state index contributed by atoms with van der Waals surface area (Å²) in [7, 11) is 0. The van der Waals surface area contributed by atoms with Gasteiger partial charge in [-0.3, -0.25) is 4.79 Å². The molecule has 1 unspecified atom stereocenters. The molecule has 0 fully saturated rings. The molecular formula is C15H23NO. The SMILES string of the molecule is CCCCC(CC)CC(=O)Nc1ccccc1. The highest BCUT2D eigenvalue weighted by Crippen LogP contribution is 2.17. The number of nitrogens with one attached hydrogen (secondary N) is 1. The molecule has 0 aromatic heterocycles. The maximum atomic E-state index is 11.8. The zero-order valence-corrected chi connectivity index (χ0v) is 10.9. The molecule has 2 heteroatoms. The lowest BCUT2D eigenvalue weighted by atomic mass is 9.95. The standard InChI is InChI=1S/C15H23NO/c1-3-5-9-13(4-2)12-15(17)16-14-10-7-6-8-11-14/h6-8,10-11,13H,3-5,9,12H2,1-2H3,(H,16,17). The van der Waals surface area contributed by atoms with Gasteiger partial charge in [0.2, 0.25) is 5.91 Å². The second kappa shape index (κ2) is 7.88. The number of carbonyl (C=O) groups excluding carboxylic acids is 1. The smallest absolute Gasteiger partial charge is 0.224 e. The van der Waals surface area contributed by atoms with Crippen molar-refractivity contribution in [2.45, 2.75) is 46.0 Å². The van der Waals surface area contributed by atoms with E-state index in [0.717, 1.165) is 18.5 Å². The van der Waals surface area contributed by atoms with Crippen molar-refractivity contribution in [2.75, 3.05) is 5.32 Å². The number of para-hydroxylation sites is 1. The van der Waals surface area contributed by atoms with Crippen molar-refractivity contribution in [1.29, 1.82) is 0 Å². The van der Waals surface area contributed by atoms with Gasteiger partial charge < -0.3 is 5.32 Å². The monoisotopic (exact) mass is 233 g/mol. The number of rotatable bonds is 7.